The van der Waals surface area contributed by atoms with E-state index in [-0.39, 0.29) is 27.7 Å². The van der Waals surface area contributed by atoms with Gasteiger partial charge in [-0.2, -0.15) is 5.10 Å². The van der Waals surface area contributed by atoms with Crippen molar-refractivity contribution in [2.75, 3.05) is 17.7 Å². The molecule has 3 aromatic rings. The normalized spacial score (nSPS) is 11.2. The van der Waals surface area contributed by atoms with Crippen LogP contribution < -0.4 is 15.4 Å². The Bertz CT molecular complexity index is 1180. The molecule has 0 unspecified atom stereocenters. The maximum Gasteiger partial charge on any atom is 0.259 e. The Morgan fingerprint density at radius 1 is 1.06 bits per heavy atom. The van der Waals surface area contributed by atoms with Crippen molar-refractivity contribution in [3.63, 3.8) is 0 Å². The van der Waals surface area contributed by atoms with Crippen LogP contribution in [0.2, 0.25) is 5.02 Å². The van der Waals surface area contributed by atoms with Crippen LogP contribution in [0.1, 0.15) is 47.2 Å². The zero-order valence-corrected chi connectivity index (χ0v) is 19.2. The van der Waals surface area contributed by atoms with Gasteiger partial charge in [0.1, 0.15) is 11.6 Å². The van der Waals surface area contributed by atoms with Crippen LogP contribution in [-0.4, -0.2) is 28.7 Å². The number of aromatic nitrogens is 2. The number of hydrogen-bond donors (Lipinski definition) is 2. The van der Waals surface area contributed by atoms with Gasteiger partial charge in [0.25, 0.3) is 11.8 Å². The van der Waals surface area contributed by atoms with Crippen molar-refractivity contribution in [3.05, 3.63) is 70.3 Å². The second kappa shape index (κ2) is 9.00. The van der Waals surface area contributed by atoms with Gasteiger partial charge in [-0.3, -0.25) is 14.3 Å². The van der Waals surface area contributed by atoms with Gasteiger partial charge in [0.2, 0.25) is 0 Å². The summed E-state index contributed by atoms with van der Waals surface area (Å²) in [6.07, 6.45) is 1.52. The van der Waals surface area contributed by atoms with E-state index in [0.29, 0.717) is 17.0 Å². The minimum atomic E-state index is -0.746. The topological polar surface area (TPSA) is 85.2 Å². The van der Waals surface area contributed by atoms with Gasteiger partial charge in [0, 0.05) is 16.4 Å². The highest BCUT2D eigenvalue weighted by atomic mass is 35.5. The van der Waals surface area contributed by atoms with Crippen molar-refractivity contribution in [1.29, 1.82) is 0 Å². The van der Waals surface area contributed by atoms with E-state index < -0.39 is 11.7 Å². The summed E-state index contributed by atoms with van der Waals surface area (Å²) < 4.78 is 21.2. The predicted octanol–water partition coefficient (Wildman–Crippen LogP) is 5.25. The lowest BCUT2D eigenvalue weighted by molar-refractivity contribution is 0.101. The number of anilines is 2. The molecule has 0 aliphatic heterocycles. The third-order valence-electron chi connectivity index (χ3n) is 4.77. The van der Waals surface area contributed by atoms with Gasteiger partial charge in [-0.05, 0) is 64.1 Å². The molecule has 0 aliphatic rings. The molecular formula is C23H24ClFN4O3. The molecule has 2 N–H and O–H groups in total. The summed E-state index contributed by atoms with van der Waals surface area (Å²) in [5, 5.41) is 9.91. The van der Waals surface area contributed by atoms with Gasteiger partial charge in [-0.25, -0.2) is 4.39 Å². The highest BCUT2D eigenvalue weighted by molar-refractivity contribution is 6.30. The number of benzene rings is 2. The molecule has 1 heterocycles. The lowest BCUT2D eigenvalue weighted by Gasteiger charge is -2.21. The third-order valence-corrected chi connectivity index (χ3v) is 5.01. The Hall–Kier alpha value is -3.39. The number of nitrogens with zero attached hydrogens (tertiary/aromatic N) is 2. The number of nitrogens with one attached hydrogen (secondary N) is 2. The fourth-order valence-corrected chi connectivity index (χ4v) is 3.41. The zero-order valence-electron chi connectivity index (χ0n) is 18.4. The molecule has 3 rings (SSSR count). The van der Waals surface area contributed by atoms with E-state index in [1.165, 1.54) is 31.5 Å². The fraction of sp³-hybridized carbons (Fsp3) is 0.261. The summed E-state index contributed by atoms with van der Waals surface area (Å²) in [7, 11) is 1.44. The summed E-state index contributed by atoms with van der Waals surface area (Å²) in [5.41, 5.74) is 1.42. The smallest absolute Gasteiger partial charge is 0.259 e. The first-order valence-corrected chi connectivity index (χ1v) is 10.2. The third kappa shape index (κ3) is 4.91. The van der Waals surface area contributed by atoms with Crippen LogP contribution in [0.15, 0.2) is 42.6 Å². The fourth-order valence-electron chi connectivity index (χ4n) is 3.25. The lowest BCUT2D eigenvalue weighted by Crippen LogP contribution is -2.25. The Balaban J connectivity index is 1.84. The van der Waals surface area contributed by atoms with E-state index >= 15 is 0 Å². The molecule has 0 saturated heterocycles. The summed E-state index contributed by atoms with van der Waals surface area (Å²) in [5.74, 6) is -1.42. The molecular weight excluding hydrogens is 435 g/mol. The van der Waals surface area contributed by atoms with Crippen LogP contribution in [-0.2, 0) is 5.54 Å². The van der Waals surface area contributed by atoms with Crippen LogP contribution in [0.25, 0.3) is 0 Å². The molecule has 0 aliphatic carbocycles. The second-order valence-corrected chi connectivity index (χ2v) is 8.61. The van der Waals surface area contributed by atoms with E-state index in [0.717, 1.165) is 11.8 Å². The van der Waals surface area contributed by atoms with E-state index in [1.807, 2.05) is 27.7 Å². The first kappa shape index (κ1) is 23.3. The van der Waals surface area contributed by atoms with E-state index in [9.17, 15) is 14.0 Å². The zero-order chi connectivity index (χ0) is 23.6. The van der Waals surface area contributed by atoms with Gasteiger partial charge in [0.15, 0.2) is 0 Å². The molecule has 9 heteroatoms. The van der Waals surface area contributed by atoms with Crippen molar-refractivity contribution >= 4 is 34.8 Å². The van der Waals surface area contributed by atoms with E-state index in [1.54, 1.807) is 16.8 Å². The number of methoxy groups -OCH3 is 1. The van der Waals surface area contributed by atoms with Crippen molar-refractivity contribution in [2.24, 2.45) is 0 Å². The monoisotopic (exact) mass is 458 g/mol. The highest BCUT2D eigenvalue weighted by Crippen LogP contribution is 2.29. The molecule has 0 saturated carbocycles. The van der Waals surface area contributed by atoms with Crippen LogP contribution in [0, 0.1) is 12.7 Å². The first-order valence-electron chi connectivity index (χ1n) is 9.82. The molecule has 32 heavy (non-hydrogen) atoms. The molecule has 2 aromatic carbocycles. The van der Waals surface area contributed by atoms with Gasteiger partial charge in [0.05, 0.1) is 35.7 Å². The maximum absolute atomic E-state index is 14.1. The van der Waals surface area contributed by atoms with Gasteiger partial charge < -0.3 is 15.4 Å². The lowest BCUT2D eigenvalue weighted by atomic mass is 10.1. The molecule has 0 fully saturated rings. The minimum absolute atomic E-state index is 0.170. The Morgan fingerprint density at radius 2 is 1.75 bits per heavy atom. The quantitative estimate of drug-likeness (QED) is 0.546. The molecule has 1 aromatic heterocycles. The van der Waals surface area contributed by atoms with Crippen LogP contribution in [0.4, 0.5) is 15.8 Å². The Labute approximate surface area is 190 Å². The Morgan fingerprint density at radius 3 is 2.34 bits per heavy atom. The summed E-state index contributed by atoms with van der Waals surface area (Å²) in [4.78, 5) is 25.4. The highest BCUT2D eigenvalue weighted by Gasteiger charge is 2.22. The summed E-state index contributed by atoms with van der Waals surface area (Å²) in [6.45, 7) is 7.82. The summed E-state index contributed by atoms with van der Waals surface area (Å²) in [6, 6.07) is 8.54. The number of rotatable bonds is 5. The first-order chi connectivity index (χ1) is 15.0. The molecule has 168 valence electrons. The number of ether oxygens (including phenoxy) is 1. The average molecular weight is 459 g/mol. The summed E-state index contributed by atoms with van der Waals surface area (Å²) >= 11 is 5.75. The van der Waals surface area contributed by atoms with E-state index in [2.05, 4.69) is 15.7 Å². The SMILES string of the molecule is COc1ccc(NC(=O)c2cnn(C(C)(C)C)c2C)cc1NC(=O)c1ccc(Cl)cc1F. The number of carbonyl (C=O) groups excluding carboxylic acids is 2. The molecule has 0 atom stereocenters. The van der Waals surface area contributed by atoms with Crippen molar-refractivity contribution in [1.82, 2.24) is 9.78 Å². The number of carbonyl (C=O) groups is 2. The van der Waals surface area contributed by atoms with Crippen LogP contribution in [0.3, 0.4) is 0 Å². The van der Waals surface area contributed by atoms with E-state index in [4.69, 9.17) is 16.3 Å². The number of halogens is 2. The van der Waals surface area contributed by atoms with Crippen molar-refractivity contribution < 1.29 is 18.7 Å². The van der Waals surface area contributed by atoms with Crippen molar-refractivity contribution in [3.8, 4) is 5.75 Å². The van der Waals surface area contributed by atoms with Crippen molar-refractivity contribution in [2.45, 2.75) is 33.2 Å². The van der Waals surface area contributed by atoms with Gasteiger partial charge in [-0.1, -0.05) is 11.6 Å². The van der Waals surface area contributed by atoms with Gasteiger partial charge in [-0.15, -0.1) is 0 Å². The maximum atomic E-state index is 14.1. The molecule has 7 nitrogen and oxygen atoms in total. The molecule has 2 amide bonds. The largest absolute Gasteiger partial charge is 0.495 e. The molecule has 0 bridgehead atoms. The Kier molecular flexibility index (Phi) is 6.55. The predicted molar refractivity (Wildman–Crippen MR) is 122 cm³/mol. The number of hydrogen-bond acceptors (Lipinski definition) is 4. The second-order valence-electron chi connectivity index (χ2n) is 8.17. The minimum Gasteiger partial charge on any atom is -0.495 e. The van der Waals surface area contributed by atoms with Gasteiger partial charge >= 0.3 is 0 Å². The standard InChI is InChI=1S/C23H24ClFN4O3/c1-13-17(12-26-29(13)23(2,3)4)22(31)27-15-7-9-20(32-5)19(11-15)28-21(30)16-8-6-14(24)10-18(16)25/h6-12H,1-5H3,(H,27,31)(H,28,30). The average Bonchev–Trinajstić information content (AvgIpc) is 3.10. The molecule has 0 radical (unpaired) electrons. The molecule has 0 spiro atoms. The van der Waals surface area contributed by atoms with Crippen LogP contribution >= 0.6 is 11.6 Å². The van der Waals surface area contributed by atoms with Crippen LogP contribution in [0.5, 0.6) is 5.75 Å². The number of amides is 2.